The summed E-state index contributed by atoms with van der Waals surface area (Å²) in [5, 5.41) is 6.06. The summed E-state index contributed by atoms with van der Waals surface area (Å²) in [4.78, 5) is 13.1. The molecule has 0 bridgehead atoms. The van der Waals surface area contributed by atoms with Gasteiger partial charge >= 0.3 is 6.03 Å². The molecule has 0 atom stereocenters. The van der Waals surface area contributed by atoms with Crippen LogP contribution in [0.3, 0.4) is 0 Å². The highest BCUT2D eigenvalue weighted by Crippen LogP contribution is 2.13. The molecule has 0 radical (unpaired) electrons. The molecule has 0 spiro atoms. The number of rotatable bonds is 8. The normalized spacial score (nSPS) is 13.1. The van der Waals surface area contributed by atoms with E-state index in [4.69, 9.17) is 5.73 Å². The van der Waals surface area contributed by atoms with Crippen LogP contribution in [-0.4, -0.2) is 50.2 Å². The Labute approximate surface area is 184 Å². The van der Waals surface area contributed by atoms with Gasteiger partial charge in [0.25, 0.3) is 0 Å². The van der Waals surface area contributed by atoms with Crippen LogP contribution in [0.25, 0.3) is 0 Å². The molecule has 1 aliphatic heterocycles. The quantitative estimate of drug-likeness (QED) is 0.474. The molecule has 0 aliphatic carbocycles. The number of nitrogens with one attached hydrogen (secondary N) is 2. The first kappa shape index (κ1) is 22.9. The van der Waals surface area contributed by atoms with Gasteiger partial charge in [-0.15, -0.1) is 0 Å². The van der Waals surface area contributed by atoms with Gasteiger partial charge in [0.15, 0.2) is 0 Å². The molecule has 2 aromatic carbocycles. The van der Waals surface area contributed by atoms with E-state index < -0.39 is 0 Å². The van der Waals surface area contributed by atoms with Crippen LogP contribution >= 0.6 is 31.9 Å². The Balaban J connectivity index is 0.000000203. The van der Waals surface area contributed by atoms with Crippen molar-refractivity contribution in [2.24, 2.45) is 5.73 Å². The molecule has 0 aromatic heterocycles. The van der Waals surface area contributed by atoms with Crippen molar-refractivity contribution in [2.45, 2.75) is 12.8 Å². The summed E-state index contributed by atoms with van der Waals surface area (Å²) in [6.45, 7) is 4.99. The summed E-state index contributed by atoms with van der Waals surface area (Å²) >= 11 is 6.88. The maximum absolute atomic E-state index is 11.3. The molecule has 0 unspecified atom stereocenters. The molecule has 1 aliphatic rings. The van der Waals surface area contributed by atoms with Gasteiger partial charge in [-0.25, -0.2) is 4.79 Å². The van der Waals surface area contributed by atoms with E-state index in [2.05, 4.69) is 72.8 Å². The highest BCUT2D eigenvalue weighted by Gasteiger charge is 2.18. The van der Waals surface area contributed by atoms with Crippen LogP contribution in [0.5, 0.6) is 0 Å². The van der Waals surface area contributed by atoms with Crippen LogP contribution in [0.1, 0.15) is 11.1 Å². The molecule has 1 fully saturated rings. The van der Waals surface area contributed by atoms with Crippen LogP contribution < -0.4 is 16.4 Å². The first-order chi connectivity index (χ1) is 13.6. The van der Waals surface area contributed by atoms with Crippen molar-refractivity contribution < 1.29 is 4.79 Å². The maximum atomic E-state index is 11.3. The molecule has 5 nitrogen and oxygen atoms in total. The summed E-state index contributed by atoms with van der Waals surface area (Å²) in [5.74, 6) is 0. The van der Waals surface area contributed by atoms with Crippen molar-refractivity contribution in [2.75, 3.05) is 39.3 Å². The second kappa shape index (κ2) is 12.9. The number of nitrogens with two attached hydrogens (primary N) is 1. The van der Waals surface area contributed by atoms with E-state index in [1.165, 1.54) is 11.1 Å². The van der Waals surface area contributed by atoms with Gasteiger partial charge in [0.2, 0.25) is 0 Å². The minimum Gasteiger partial charge on any atom is -0.336 e. The van der Waals surface area contributed by atoms with Crippen LogP contribution in [0.15, 0.2) is 57.5 Å². The average molecular weight is 512 g/mol. The van der Waals surface area contributed by atoms with E-state index in [1.807, 2.05) is 23.1 Å². The minimum absolute atomic E-state index is 0.0602. The summed E-state index contributed by atoms with van der Waals surface area (Å²) in [7, 11) is 0. The topological polar surface area (TPSA) is 70.4 Å². The lowest BCUT2D eigenvalue weighted by Gasteiger charge is -2.13. The fraction of sp³-hybridized carbons (Fsp3) is 0.381. The molecule has 4 N–H and O–H groups in total. The molecule has 1 heterocycles. The van der Waals surface area contributed by atoms with Gasteiger partial charge in [-0.2, -0.15) is 0 Å². The van der Waals surface area contributed by atoms with E-state index in [0.717, 1.165) is 54.5 Å². The summed E-state index contributed by atoms with van der Waals surface area (Å²) in [5.41, 5.74) is 7.96. The number of nitrogens with zero attached hydrogens (tertiary/aromatic N) is 1. The maximum Gasteiger partial charge on any atom is 0.317 e. The zero-order valence-electron chi connectivity index (χ0n) is 16.0. The molecular formula is C21H28Br2N4O. The number of amides is 2. The second-order valence-electron chi connectivity index (χ2n) is 6.52. The number of hydrogen-bond donors (Lipinski definition) is 3. The zero-order chi connectivity index (χ0) is 20.2. The lowest BCUT2D eigenvalue weighted by atomic mass is 10.1. The number of hydrogen-bond acceptors (Lipinski definition) is 3. The first-order valence-electron chi connectivity index (χ1n) is 9.51. The van der Waals surface area contributed by atoms with Crippen molar-refractivity contribution in [3.05, 3.63) is 68.6 Å². The van der Waals surface area contributed by atoms with E-state index in [9.17, 15) is 4.79 Å². The number of halogens is 2. The van der Waals surface area contributed by atoms with Gasteiger partial charge in [-0.05, 0) is 54.8 Å². The van der Waals surface area contributed by atoms with Crippen LogP contribution in [0.4, 0.5) is 4.79 Å². The van der Waals surface area contributed by atoms with E-state index in [-0.39, 0.29) is 6.03 Å². The predicted octanol–water partition coefficient (Wildman–Crippen LogP) is 3.56. The van der Waals surface area contributed by atoms with Crippen molar-refractivity contribution in [1.29, 1.82) is 0 Å². The first-order valence-corrected chi connectivity index (χ1v) is 11.1. The van der Waals surface area contributed by atoms with Gasteiger partial charge in [-0.1, -0.05) is 56.1 Å². The molecule has 2 amide bonds. The van der Waals surface area contributed by atoms with Gasteiger partial charge in [0.1, 0.15) is 0 Å². The lowest BCUT2D eigenvalue weighted by molar-refractivity contribution is 0.218. The van der Waals surface area contributed by atoms with Crippen molar-refractivity contribution in [3.8, 4) is 0 Å². The minimum atomic E-state index is 0.0602. The molecule has 28 heavy (non-hydrogen) atoms. The van der Waals surface area contributed by atoms with E-state index in [0.29, 0.717) is 6.54 Å². The molecule has 0 saturated carbocycles. The van der Waals surface area contributed by atoms with Gasteiger partial charge in [0, 0.05) is 41.7 Å². The van der Waals surface area contributed by atoms with Crippen LogP contribution in [-0.2, 0) is 12.8 Å². The van der Waals surface area contributed by atoms with Gasteiger partial charge in [-0.3, -0.25) is 0 Å². The Bertz CT molecular complexity index is 742. The highest BCUT2D eigenvalue weighted by atomic mass is 79.9. The Kier molecular flexibility index (Phi) is 10.6. The van der Waals surface area contributed by atoms with E-state index >= 15 is 0 Å². The van der Waals surface area contributed by atoms with Gasteiger partial charge in [0.05, 0.1) is 0 Å². The lowest BCUT2D eigenvalue weighted by Crippen LogP contribution is -2.29. The third kappa shape index (κ3) is 8.73. The summed E-state index contributed by atoms with van der Waals surface area (Å²) in [6, 6.07) is 16.6. The largest absolute Gasteiger partial charge is 0.336 e. The van der Waals surface area contributed by atoms with Crippen molar-refractivity contribution in [3.63, 3.8) is 0 Å². The molecule has 3 rings (SSSR count). The van der Waals surface area contributed by atoms with Crippen LogP contribution in [0, 0.1) is 0 Å². The van der Waals surface area contributed by atoms with Crippen molar-refractivity contribution in [1.82, 2.24) is 15.5 Å². The smallest absolute Gasteiger partial charge is 0.317 e. The average Bonchev–Trinajstić information content (AvgIpc) is 3.09. The summed E-state index contributed by atoms with van der Waals surface area (Å²) in [6.07, 6.45) is 1.96. The SMILES string of the molecule is NCCNCCc1cccc(Br)c1.O=C1NCCN1CCc1cccc(Br)c1. The number of urea groups is 1. The standard InChI is InChI=1S/C11H13BrN2O.C10H15BrN2/c12-10-3-1-2-9(8-10)4-6-14-7-5-13-11(14)15;11-10-3-1-2-9(8-10)4-6-13-7-5-12/h1-3,8H,4-7H2,(H,13,15);1-3,8,13H,4-7,12H2. The van der Waals surface area contributed by atoms with E-state index in [1.54, 1.807) is 0 Å². The zero-order valence-corrected chi connectivity index (χ0v) is 19.1. The molecule has 1 saturated heterocycles. The Morgan fingerprint density at radius 3 is 2.18 bits per heavy atom. The Morgan fingerprint density at radius 1 is 1.00 bits per heavy atom. The third-order valence-corrected chi connectivity index (χ3v) is 5.29. The molecule has 7 heteroatoms. The highest BCUT2D eigenvalue weighted by molar-refractivity contribution is 9.10. The fourth-order valence-corrected chi connectivity index (χ4v) is 3.73. The number of benzene rings is 2. The predicted molar refractivity (Wildman–Crippen MR) is 123 cm³/mol. The van der Waals surface area contributed by atoms with Gasteiger partial charge < -0.3 is 21.3 Å². The monoisotopic (exact) mass is 510 g/mol. The van der Waals surface area contributed by atoms with Crippen molar-refractivity contribution >= 4 is 37.9 Å². The Morgan fingerprint density at radius 2 is 1.64 bits per heavy atom. The second-order valence-corrected chi connectivity index (χ2v) is 8.35. The number of carbonyl (C=O) groups excluding carboxylic acids is 1. The molecular weight excluding hydrogens is 484 g/mol. The molecule has 152 valence electrons. The summed E-state index contributed by atoms with van der Waals surface area (Å²) < 4.78 is 2.23. The molecule has 2 aromatic rings. The third-order valence-electron chi connectivity index (χ3n) is 4.31. The Hall–Kier alpha value is -1.41. The fourth-order valence-electron chi connectivity index (χ4n) is 2.83. The number of carbonyl (C=O) groups is 1. The van der Waals surface area contributed by atoms with Crippen LogP contribution in [0.2, 0.25) is 0 Å².